The number of benzene rings is 1. The van der Waals surface area contributed by atoms with Gasteiger partial charge in [0.05, 0.1) is 6.61 Å². The van der Waals surface area contributed by atoms with Crippen molar-refractivity contribution in [2.24, 2.45) is 0 Å². The molecule has 0 fully saturated rings. The summed E-state index contributed by atoms with van der Waals surface area (Å²) in [6.45, 7) is 2.60. The van der Waals surface area contributed by atoms with Gasteiger partial charge in [-0.3, -0.25) is 0 Å². The molecule has 0 saturated heterocycles. The summed E-state index contributed by atoms with van der Waals surface area (Å²) in [5.41, 5.74) is 1.49. The molecule has 0 saturated carbocycles. The Bertz CT molecular complexity index is 403. The molecule has 1 rings (SSSR count). The number of hydrogen-bond donors (Lipinski definition) is 1. The van der Waals surface area contributed by atoms with E-state index in [1.807, 2.05) is 0 Å². The minimum absolute atomic E-state index is 0.336. The Balaban J connectivity index is 2.12. The molecule has 0 heterocycles. The molecule has 1 unspecified atom stereocenters. The first-order chi connectivity index (χ1) is 11.2. The van der Waals surface area contributed by atoms with E-state index in [-0.39, 0.29) is 0 Å². The quantitative estimate of drug-likeness (QED) is 0.338. The highest BCUT2D eigenvalue weighted by molar-refractivity contribution is 5.56. The van der Waals surface area contributed by atoms with Gasteiger partial charge < -0.3 is 9.84 Å². The van der Waals surface area contributed by atoms with E-state index in [4.69, 9.17) is 5.11 Å². The molecule has 3 nitrogen and oxygen atoms in total. The smallest absolute Gasteiger partial charge is 0.450 e. The lowest BCUT2D eigenvalue weighted by Gasteiger charge is -2.17. The van der Waals surface area contributed by atoms with Crippen molar-refractivity contribution in [3.05, 3.63) is 35.9 Å². The summed E-state index contributed by atoms with van der Waals surface area (Å²) in [4.78, 5) is 10.2. The molecule has 0 aliphatic rings. The van der Waals surface area contributed by atoms with Gasteiger partial charge in [-0.25, -0.2) is 4.79 Å². The SMILES string of the molecule is CCCCC(CCCCCCCCOC(=O)O)c1ccccc1. The van der Waals surface area contributed by atoms with E-state index in [9.17, 15) is 4.79 Å². The Morgan fingerprint density at radius 1 is 0.957 bits per heavy atom. The summed E-state index contributed by atoms with van der Waals surface area (Å²) in [5.74, 6) is 0.708. The Morgan fingerprint density at radius 2 is 1.57 bits per heavy atom. The predicted octanol–water partition coefficient (Wildman–Crippen LogP) is 6.39. The third-order valence-electron chi connectivity index (χ3n) is 4.35. The number of hydrogen-bond acceptors (Lipinski definition) is 2. The molecule has 3 heteroatoms. The third-order valence-corrected chi connectivity index (χ3v) is 4.35. The van der Waals surface area contributed by atoms with E-state index in [0.717, 1.165) is 12.8 Å². The molecule has 0 aliphatic heterocycles. The minimum Gasteiger partial charge on any atom is -0.450 e. The Kier molecular flexibility index (Phi) is 11.0. The van der Waals surface area contributed by atoms with Crippen molar-refractivity contribution in [2.75, 3.05) is 6.61 Å². The van der Waals surface area contributed by atoms with Crippen molar-refractivity contribution in [2.45, 2.75) is 77.0 Å². The molecule has 0 bridgehead atoms. The van der Waals surface area contributed by atoms with Crippen LogP contribution in [0.3, 0.4) is 0 Å². The molecule has 23 heavy (non-hydrogen) atoms. The van der Waals surface area contributed by atoms with Gasteiger partial charge in [-0.2, -0.15) is 0 Å². The van der Waals surface area contributed by atoms with Crippen molar-refractivity contribution < 1.29 is 14.6 Å². The Morgan fingerprint density at radius 3 is 2.22 bits per heavy atom. The van der Waals surface area contributed by atoms with Gasteiger partial charge >= 0.3 is 6.16 Å². The van der Waals surface area contributed by atoms with Crippen LogP contribution in [0.5, 0.6) is 0 Å². The monoisotopic (exact) mass is 320 g/mol. The Hall–Kier alpha value is -1.51. The van der Waals surface area contributed by atoms with Gasteiger partial charge in [0.2, 0.25) is 0 Å². The molecule has 1 atom stereocenters. The maximum Gasteiger partial charge on any atom is 0.505 e. The van der Waals surface area contributed by atoms with E-state index < -0.39 is 6.16 Å². The van der Waals surface area contributed by atoms with Gasteiger partial charge in [0.15, 0.2) is 0 Å². The number of ether oxygens (including phenoxy) is 1. The lowest BCUT2D eigenvalue weighted by atomic mass is 9.88. The molecule has 0 aliphatic carbocycles. The highest BCUT2D eigenvalue weighted by Crippen LogP contribution is 2.28. The maximum absolute atomic E-state index is 10.2. The van der Waals surface area contributed by atoms with Crippen LogP contribution < -0.4 is 0 Å². The Labute approximate surface area is 141 Å². The van der Waals surface area contributed by atoms with E-state index in [2.05, 4.69) is 42.0 Å². The number of carboxylic acid groups (broad SMARTS) is 1. The topological polar surface area (TPSA) is 46.5 Å². The normalized spacial score (nSPS) is 12.0. The fourth-order valence-electron chi connectivity index (χ4n) is 3.01. The predicted molar refractivity (Wildman–Crippen MR) is 95.0 cm³/mol. The summed E-state index contributed by atoms with van der Waals surface area (Å²) in [6.07, 6.45) is 10.9. The van der Waals surface area contributed by atoms with Gasteiger partial charge in [0, 0.05) is 0 Å². The first-order valence-corrected chi connectivity index (χ1v) is 9.14. The van der Waals surface area contributed by atoms with E-state index in [1.165, 1.54) is 56.9 Å². The lowest BCUT2D eigenvalue weighted by Crippen LogP contribution is -2.01. The third kappa shape index (κ3) is 9.98. The number of rotatable bonds is 13. The number of unbranched alkanes of at least 4 members (excludes halogenated alkanes) is 6. The van der Waals surface area contributed by atoms with Crippen molar-refractivity contribution in [1.29, 1.82) is 0 Å². The van der Waals surface area contributed by atoms with Crippen LogP contribution in [0.1, 0.15) is 82.6 Å². The van der Waals surface area contributed by atoms with Crippen LogP contribution in [0.25, 0.3) is 0 Å². The van der Waals surface area contributed by atoms with Crippen LogP contribution >= 0.6 is 0 Å². The van der Waals surface area contributed by atoms with Crippen molar-refractivity contribution >= 4 is 6.16 Å². The van der Waals surface area contributed by atoms with Crippen molar-refractivity contribution in [3.8, 4) is 0 Å². The largest absolute Gasteiger partial charge is 0.505 e. The summed E-state index contributed by atoms with van der Waals surface area (Å²) < 4.78 is 4.50. The van der Waals surface area contributed by atoms with Crippen LogP contribution in [0.2, 0.25) is 0 Å². The first-order valence-electron chi connectivity index (χ1n) is 9.14. The van der Waals surface area contributed by atoms with Crippen LogP contribution in [-0.4, -0.2) is 17.9 Å². The fraction of sp³-hybridized carbons (Fsp3) is 0.650. The van der Waals surface area contributed by atoms with Crippen LogP contribution in [0.15, 0.2) is 30.3 Å². The van der Waals surface area contributed by atoms with E-state index in [1.54, 1.807) is 0 Å². The van der Waals surface area contributed by atoms with Crippen LogP contribution in [0.4, 0.5) is 4.79 Å². The van der Waals surface area contributed by atoms with E-state index >= 15 is 0 Å². The highest BCUT2D eigenvalue weighted by Gasteiger charge is 2.10. The zero-order valence-electron chi connectivity index (χ0n) is 14.5. The lowest BCUT2D eigenvalue weighted by molar-refractivity contribution is 0.0899. The first kappa shape index (κ1) is 19.5. The standard InChI is InChI=1S/C20H32O3/c1-2-3-13-18(19-15-10-8-11-16-19)14-9-6-4-5-7-12-17-23-20(21)22/h8,10-11,15-16,18H,2-7,9,12-14,17H2,1H3,(H,21,22). The molecule has 1 aromatic carbocycles. The molecular weight excluding hydrogens is 288 g/mol. The second kappa shape index (κ2) is 13.0. The van der Waals surface area contributed by atoms with Crippen molar-refractivity contribution in [3.63, 3.8) is 0 Å². The number of carbonyl (C=O) groups is 1. The van der Waals surface area contributed by atoms with Gasteiger partial charge in [0.1, 0.15) is 0 Å². The highest BCUT2D eigenvalue weighted by atomic mass is 16.7. The zero-order chi connectivity index (χ0) is 16.8. The molecule has 130 valence electrons. The molecule has 0 spiro atoms. The van der Waals surface area contributed by atoms with Crippen LogP contribution in [0, 0.1) is 0 Å². The molecule has 0 radical (unpaired) electrons. The van der Waals surface area contributed by atoms with Crippen LogP contribution in [-0.2, 0) is 4.74 Å². The van der Waals surface area contributed by atoms with E-state index in [0.29, 0.717) is 12.5 Å². The molecule has 1 aromatic rings. The molecule has 0 aromatic heterocycles. The van der Waals surface area contributed by atoms with Gasteiger partial charge in [-0.1, -0.05) is 82.2 Å². The van der Waals surface area contributed by atoms with Gasteiger partial charge in [0.25, 0.3) is 0 Å². The van der Waals surface area contributed by atoms with Crippen molar-refractivity contribution in [1.82, 2.24) is 0 Å². The summed E-state index contributed by atoms with van der Waals surface area (Å²) in [6, 6.07) is 10.9. The molecule has 1 N–H and O–H groups in total. The average molecular weight is 320 g/mol. The van der Waals surface area contributed by atoms with Gasteiger partial charge in [-0.05, 0) is 30.7 Å². The second-order valence-electron chi connectivity index (χ2n) is 6.27. The molecule has 0 amide bonds. The molecular formula is C20H32O3. The van der Waals surface area contributed by atoms with Gasteiger partial charge in [-0.15, -0.1) is 0 Å². The average Bonchev–Trinajstić information content (AvgIpc) is 2.56. The zero-order valence-corrected chi connectivity index (χ0v) is 14.5. The summed E-state index contributed by atoms with van der Waals surface area (Å²) in [5, 5.41) is 8.37. The fourth-order valence-corrected chi connectivity index (χ4v) is 3.01. The minimum atomic E-state index is -1.16. The summed E-state index contributed by atoms with van der Waals surface area (Å²) in [7, 11) is 0. The maximum atomic E-state index is 10.2. The summed E-state index contributed by atoms with van der Waals surface area (Å²) >= 11 is 0. The second-order valence-corrected chi connectivity index (χ2v) is 6.27.